The van der Waals surface area contributed by atoms with Gasteiger partial charge in [-0.05, 0) is 54.4 Å². The number of fused-ring (bicyclic) bond motifs is 1. The minimum Gasteiger partial charge on any atom is -0.507 e. The number of esters is 1. The Morgan fingerprint density at radius 2 is 1.83 bits per heavy atom. The summed E-state index contributed by atoms with van der Waals surface area (Å²) in [5, 5.41) is 23.7. The van der Waals surface area contributed by atoms with Crippen molar-refractivity contribution in [1.82, 2.24) is 0 Å². The molecule has 6 nitrogen and oxygen atoms in total. The molecule has 0 amide bonds. The number of Topliss-reactive ketones (excluding diaryl/α,β-unsaturated/α-hetero) is 1. The molecule has 0 fully saturated rings. The van der Waals surface area contributed by atoms with Crippen LogP contribution in [0.5, 0.6) is 11.5 Å². The van der Waals surface area contributed by atoms with Crippen molar-refractivity contribution in [2.24, 2.45) is 0 Å². The topological polar surface area (TPSA) is 101 Å². The van der Waals surface area contributed by atoms with E-state index >= 15 is 0 Å². The Hall–Kier alpha value is -3.19. The van der Waals surface area contributed by atoms with E-state index in [-0.39, 0.29) is 35.3 Å². The molecule has 29 heavy (non-hydrogen) atoms. The minimum absolute atomic E-state index is 0.0282. The van der Waals surface area contributed by atoms with E-state index in [2.05, 4.69) is 0 Å². The number of phenols is 2. The molecule has 7 heteroatoms. The SMILES string of the molecule is CC(C)=CC[C@@H](OC(=O)Cc1ccsc1)C1=CC(=O)c2c(O)ccc(O)c2C1=O. The summed E-state index contributed by atoms with van der Waals surface area (Å²) in [5.41, 5.74) is 1.21. The fourth-order valence-electron chi connectivity index (χ4n) is 3.06. The molecule has 150 valence electrons. The number of rotatable bonds is 6. The van der Waals surface area contributed by atoms with Crippen molar-refractivity contribution in [1.29, 1.82) is 0 Å². The van der Waals surface area contributed by atoms with E-state index in [1.165, 1.54) is 11.3 Å². The predicted molar refractivity (Wildman–Crippen MR) is 108 cm³/mol. The van der Waals surface area contributed by atoms with Gasteiger partial charge >= 0.3 is 5.97 Å². The fourth-order valence-corrected chi connectivity index (χ4v) is 3.73. The summed E-state index contributed by atoms with van der Waals surface area (Å²) in [6.45, 7) is 3.73. The molecule has 2 aromatic rings. The van der Waals surface area contributed by atoms with E-state index < -0.39 is 29.4 Å². The number of aromatic hydroxyl groups is 2. The van der Waals surface area contributed by atoms with Crippen molar-refractivity contribution < 1.29 is 29.3 Å². The lowest BCUT2D eigenvalue weighted by molar-refractivity contribution is -0.146. The lowest BCUT2D eigenvalue weighted by atomic mass is 9.85. The molecule has 0 unspecified atom stereocenters. The molecule has 0 bridgehead atoms. The van der Waals surface area contributed by atoms with Crippen LogP contribution in [0.25, 0.3) is 0 Å². The maximum absolute atomic E-state index is 13.0. The largest absolute Gasteiger partial charge is 0.507 e. The molecule has 2 N–H and O–H groups in total. The second kappa shape index (κ2) is 8.45. The number of benzene rings is 1. The number of ether oxygens (including phenoxy) is 1. The number of phenolic OH excluding ortho intramolecular Hbond substituents is 2. The lowest BCUT2D eigenvalue weighted by Crippen LogP contribution is -2.29. The van der Waals surface area contributed by atoms with E-state index in [4.69, 9.17) is 4.74 Å². The first kappa shape index (κ1) is 20.5. The van der Waals surface area contributed by atoms with Gasteiger partial charge in [0.1, 0.15) is 17.6 Å². The standard InChI is InChI=1S/C22H20O6S/c1-12(2)3-6-18(28-19(26)9-13-7-8-29-11-13)14-10-17(25)20-15(23)4-5-16(24)21(20)22(14)27/h3-5,7-8,10-11,18,23-24H,6,9H2,1-2H3/t18-/m1/s1. The first-order valence-corrected chi connectivity index (χ1v) is 9.91. The number of carbonyl (C=O) groups excluding carboxylic acids is 3. The summed E-state index contributed by atoms with van der Waals surface area (Å²) in [4.78, 5) is 38.0. The first-order chi connectivity index (χ1) is 13.8. The average Bonchev–Trinajstić information content (AvgIpc) is 3.16. The highest BCUT2D eigenvalue weighted by Crippen LogP contribution is 2.36. The molecule has 0 saturated carbocycles. The van der Waals surface area contributed by atoms with Gasteiger partial charge in [-0.25, -0.2) is 0 Å². The van der Waals surface area contributed by atoms with Gasteiger partial charge in [0.25, 0.3) is 0 Å². The number of allylic oxidation sites excluding steroid dienone is 2. The van der Waals surface area contributed by atoms with E-state index in [1.54, 1.807) is 6.08 Å². The third-order valence-electron chi connectivity index (χ3n) is 4.47. The average molecular weight is 412 g/mol. The van der Waals surface area contributed by atoms with Crippen LogP contribution in [0.1, 0.15) is 46.5 Å². The molecule has 1 atom stereocenters. The van der Waals surface area contributed by atoms with Crippen LogP contribution in [0.3, 0.4) is 0 Å². The van der Waals surface area contributed by atoms with Crippen LogP contribution in [0.2, 0.25) is 0 Å². The summed E-state index contributed by atoms with van der Waals surface area (Å²) < 4.78 is 5.55. The van der Waals surface area contributed by atoms with E-state index in [9.17, 15) is 24.6 Å². The van der Waals surface area contributed by atoms with Crippen molar-refractivity contribution in [3.8, 4) is 11.5 Å². The zero-order chi connectivity index (χ0) is 21.1. The van der Waals surface area contributed by atoms with Gasteiger partial charge in [-0.2, -0.15) is 11.3 Å². The Kier molecular flexibility index (Phi) is 5.98. The normalized spacial score (nSPS) is 14.1. The second-order valence-corrected chi connectivity index (χ2v) is 7.73. The van der Waals surface area contributed by atoms with Crippen LogP contribution in [-0.2, 0) is 16.0 Å². The van der Waals surface area contributed by atoms with Gasteiger partial charge in [0.15, 0.2) is 11.6 Å². The highest BCUT2D eigenvalue weighted by atomic mass is 32.1. The molecular weight excluding hydrogens is 392 g/mol. The van der Waals surface area contributed by atoms with Crippen molar-refractivity contribution in [3.63, 3.8) is 0 Å². The Balaban J connectivity index is 1.94. The van der Waals surface area contributed by atoms with Gasteiger partial charge < -0.3 is 14.9 Å². The summed E-state index contributed by atoms with van der Waals surface area (Å²) in [6.07, 6.45) is 2.15. The summed E-state index contributed by atoms with van der Waals surface area (Å²) >= 11 is 1.46. The second-order valence-electron chi connectivity index (χ2n) is 6.95. The van der Waals surface area contributed by atoms with Crippen LogP contribution in [-0.4, -0.2) is 33.9 Å². The Bertz CT molecular complexity index is 1030. The highest BCUT2D eigenvalue weighted by molar-refractivity contribution is 7.08. The molecule has 0 aliphatic heterocycles. The van der Waals surface area contributed by atoms with Crippen LogP contribution < -0.4 is 0 Å². The molecule has 0 saturated heterocycles. The lowest BCUT2D eigenvalue weighted by Gasteiger charge is -2.23. The zero-order valence-corrected chi connectivity index (χ0v) is 16.8. The van der Waals surface area contributed by atoms with Gasteiger partial charge in [0, 0.05) is 12.0 Å². The van der Waals surface area contributed by atoms with Gasteiger partial charge in [0.2, 0.25) is 0 Å². The molecule has 0 spiro atoms. The van der Waals surface area contributed by atoms with Gasteiger partial charge in [-0.3, -0.25) is 14.4 Å². The van der Waals surface area contributed by atoms with E-state index in [1.807, 2.05) is 30.7 Å². The quantitative estimate of drug-likeness (QED) is 0.423. The number of thiophene rings is 1. The molecule has 1 heterocycles. The van der Waals surface area contributed by atoms with Crippen LogP contribution >= 0.6 is 11.3 Å². The third kappa shape index (κ3) is 4.46. The minimum atomic E-state index is -0.984. The van der Waals surface area contributed by atoms with Crippen LogP contribution in [0, 0.1) is 0 Å². The van der Waals surface area contributed by atoms with Crippen LogP contribution in [0.15, 0.2) is 52.3 Å². The van der Waals surface area contributed by atoms with Crippen LogP contribution in [0.4, 0.5) is 0 Å². The maximum Gasteiger partial charge on any atom is 0.310 e. The predicted octanol–water partition coefficient (Wildman–Crippen LogP) is 3.98. The number of hydrogen-bond donors (Lipinski definition) is 2. The molecular formula is C22H20O6S. The number of carbonyl (C=O) groups is 3. The van der Waals surface area contributed by atoms with Gasteiger partial charge in [0.05, 0.1) is 17.5 Å². The van der Waals surface area contributed by atoms with Crippen molar-refractivity contribution in [2.75, 3.05) is 0 Å². The van der Waals surface area contributed by atoms with E-state index in [0.717, 1.165) is 29.3 Å². The maximum atomic E-state index is 13.0. The molecule has 1 aliphatic carbocycles. The summed E-state index contributed by atoms with van der Waals surface area (Å²) in [7, 11) is 0. The Morgan fingerprint density at radius 1 is 1.14 bits per heavy atom. The van der Waals surface area contributed by atoms with Crippen molar-refractivity contribution in [2.45, 2.75) is 32.8 Å². The monoisotopic (exact) mass is 412 g/mol. The number of ketones is 2. The summed E-state index contributed by atoms with van der Waals surface area (Å²) in [5.74, 6) is -2.60. The third-order valence-corrected chi connectivity index (χ3v) is 5.20. The first-order valence-electron chi connectivity index (χ1n) is 8.97. The molecule has 3 rings (SSSR count). The smallest absolute Gasteiger partial charge is 0.310 e. The number of hydrogen-bond acceptors (Lipinski definition) is 7. The van der Waals surface area contributed by atoms with Crippen molar-refractivity contribution in [3.05, 3.63) is 68.9 Å². The molecule has 0 radical (unpaired) electrons. The molecule has 1 aromatic carbocycles. The van der Waals surface area contributed by atoms with Gasteiger partial charge in [-0.15, -0.1) is 0 Å². The fraction of sp³-hybridized carbons (Fsp3) is 0.227. The zero-order valence-electron chi connectivity index (χ0n) is 16.0. The van der Waals surface area contributed by atoms with Crippen molar-refractivity contribution >= 4 is 28.9 Å². The van der Waals surface area contributed by atoms with E-state index in [0.29, 0.717) is 0 Å². The summed E-state index contributed by atoms with van der Waals surface area (Å²) in [6, 6.07) is 4.11. The molecule has 1 aliphatic rings. The Labute approximate surface area is 171 Å². The highest BCUT2D eigenvalue weighted by Gasteiger charge is 2.35. The van der Waals surface area contributed by atoms with Gasteiger partial charge in [-0.1, -0.05) is 11.6 Å². The Morgan fingerprint density at radius 3 is 2.45 bits per heavy atom. The molecule has 1 aromatic heterocycles.